The highest BCUT2D eigenvalue weighted by molar-refractivity contribution is 7.96. The van der Waals surface area contributed by atoms with Crippen LogP contribution in [0.15, 0.2) is 58.3 Å². The Labute approximate surface area is 170 Å². The Bertz CT molecular complexity index is 981. The zero-order valence-corrected chi connectivity index (χ0v) is 18.4. The van der Waals surface area contributed by atoms with Crippen LogP contribution in [-0.2, 0) is 35.3 Å². The molecule has 3 rings (SSSR count). The van der Waals surface area contributed by atoms with Crippen LogP contribution in [0.25, 0.3) is 0 Å². The Morgan fingerprint density at radius 2 is 1.36 bits per heavy atom. The van der Waals surface area contributed by atoms with Crippen LogP contribution in [0.1, 0.15) is 17.5 Å². The monoisotopic (exact) mass is 444 g/mol. The van der Waals surface area contributed by atoms with Crippen molar-refractivity contribution < 1.29 is 25.6 Å². The molecule has 0 bridgehead atoms. The van der Waals surface area contributed by atoms with E-state index in [4.69, 9.17) is 4.18 Å². The van der Waals surface area contributed by atoms with Crippen LogP contribution in [0.2, 0.25) is 0 Å². The van der Waals surface area contributed by atoms with Gasteiger partial charge in [-0.15, -0.1) is 0 Å². The van der Waals surface area contributed by atoms with Gasteiger partial charge in [0.1, 0.15) is 27.7 Å². The molecule has 1 saturated heterocycles. The third-order valence-corrected chi connectivity index (χ3v) is 8.24. The van der Waals surface area contributed by atoms with Crippen molar-refractivity contribution in [1.82, 2.24) is 0 Å². The zero-order chi connectivity index (χ0) is 20.9. The molecule has 0 amide bonds. The Morgan fingerprint density at radius 3 is 1.75 bits per heavy atom. The molecule has 0 aliphatic carbocycles. The summed E-state index contributed by atoms with van der Waals surface area (Å²) in [5, 5.41) is 0. The highest BCUT2D eigenvalue weighted by Gasteiger charge is 2.33. The van der Waals surface area contributed by atoms with Crippen molar-refractivity contribution in [2.75, 3.05) is 17.8 Å². The lowest BCUT2D eigenvalue weighted by molar-refractivity contribution is 0.236. The molecule has 1 aliphatic heterocycles. The van der Waals surface area contributed by atoms with E-state index < -0.39 is 20.2 Å². The van der Waals surface area contributed by atoms with Crippen molar-refractivity contribution in [2.24, 2.45) is 0 Å². The molecule has 9 heteroatoms. The van der Waals surface area contributed by atoms with E-state index in [1.165, 1.54) is 12.1 Å². The minimum absolute atomic E-state index is 0.130. The molecule has 0 saturated carbocycles. The van der Waals surface area contributed by atoms with Crippen molar-refractivity contribution in [3.63, 3.8) is 0 Å². The quantitative estimate of drug-likeness (QED) is 0.408. The van der Waals surface area contributed by atoms with E-state index in [1.54, 1.807) is 36.4 Å². The first kappa shape index (κ1) is 22.9. The topological polar surface area (TPSA) is 101 Å². The number of hydrogen-bond acceptors (Lipinski definition) is 6. The summed E-state index contributed by atoms with van der Waals surface area (Å²) in [7, 11) is -7.54. The molecule has 28 heavy (non-hydrogen) atoms. The molecular weight excluding hydrogens is 420 g/mol. The smallest absolute Gasteiger partial charge is 0.297 e. The molecule has 0 aromatic heterocycles. The van der Waals surface area contributed by atoms with Crippen LogP contribution in [0.5, 0.6) is 0 Å². The van der Waals surface area contributed by atoms with Gasteiger partial charge in [0.25, 0.3) is 10.1 Å². The number of rotatable bonds is 4. The van der Waals surface area contributed by atoms with Crippen LogP contribution in [-0.4, -0.2) is 45.3 Å². The second-order valence-electron chi connectivity index (χ2n) is 6.69. The molecule has 154 valence electrons. The molecule has 0 radical (unpaired) electrons. The lowest BCUT2D eigenvalue weighted by atomic mass is 10.2. The fourth-order valence-electron chi connectivity index (χ4n) is 2.54. The molecule has 2 aromatic rings. The minimum Gasteiger partial charge on any atom is -0.744 e. The van der Waals surface area contributed by atoms with Gasteiger partial charge in [0.15, 0.2) is 0 Å². The average molecular weight is 445 g/mol. The van der Waals surface area contributed by atoms with Crippen LogP contribution < -0.4 is 0 Å². The molecule has 1 unspecified atom stereocenters. The largest absolute Gasteiger partial charge is 0.744 e. The second-order valence-corrected chi connectivity index (χ2v) is 11.9. The summed E-state index contributed by atoms with van der Waals surface area (Å²) >= 11 is 0. The van der Waals surface area contributed by atoms with Gasteiger partial charge in [-0.1, -0.05) is 35.4 Å². The molecule has 2 aromatic carbocycles. The van der Waals surface area contributed by atoms with Crippen molar-refractivity contribution in [3.8, 4) is 0 Å². The fraction of sp³-hybridized carbons (Fsp3) is 0.368. The molecule has 2 atom stereocenters. The van der Waals surface area contributed by atoms with Crippen molar-refractivity contribution >= 4 is 31.1 Å². The molecule has 6 nitrogen and oxygen atoms in total. The van der Waals surface area contributed by atoms with Crippen LogP contribution in [0.4, 0.5) is 0 Å². The fourth-order valence-corrected chi connectivity index (χ4v) is 5.90. The average Bonchev–Trinajstić information content (AvgIpc) is 2.99. The van der Waals surface area contributed by atoms with E-state index in [1.807, 2.05) is 13.8 Å². The predicted octanol–water partition coefficient (Wildman–Crippen LogP) is 2.62. The van der Waals surface area contributed by atoms with Gasteiger partial charge in [-0.3, -0.25) is 4.18 Å². The molecule has 1 fully saturated rings. The predicted molar refractivity (Wildman–Crippen MR) is 110 cm³/mol. The maximum absolute atomic E-state index is 12.0. The Kier molecular flexibility index (Phi) is 7.69. The zero-order valence-electron chi connectivity index (χ0n) is 16.0. The summed E-state index contributed by atoms with van der Waals surface area (Å²) in [4.78, 5) is 0.0779. The number of hydrogen-bond donors (Lipinski definition) is 0. The Morgan fingerprint density at radius 1 is 0.893 bits per heavy atom. The first-order valence-electron chi connectivity index (χ1n) is 8.59. The van der Waals surface area contributed by atoms with E-state index in [-0.39, 0.29) is 15.9 Å². The summed E-state index contributed by atoms with van der Waals surface area (Å²) in [6.07, 6.45) is 2.88. The Balaban J connectivity index is 0.000000221. The highest BCUT2D eigenvalue weighted by Crippen LogP contribution is 2.21. The van der Waals surface area contributed by atoms with Gasteiger partial charge in [-0.25, -0.2) is 8.42 Å². The van der Waals surface area contributed by atoms with Crippen LogP contribution in [0, 0.1) is 13.8 Å². The third-order valence-electron chi connectivity index (χ3n) is 4.14. The van der Waals surface area contributed by atoms with Gasteiger partial charge in [-0.2, -0.15) is 8.42 Å². The van der Waals surface area contributed by atoms with Gasteiger partial charge in [0, 0.05) is 6.42 Å². The molecule has 0 N–H and O–H groups in total. The molecule has 1 heterocycles. The van der Waals surface area contributed by atoms with E-state index in [2.05, 4.69) is 6.26 Å². The Hall–Kier alpha value is -1.39. The maximum Gasteiger partial charge on any atom is 0.297 e. The lowest BCUT2D eigenvalue weighted by Gasteiger charge is -2.09. The van der Waals surface area contributed by atoms with Crippen LogP contribution >= 0.6 is 0 Å². The number of benzene rings is 2. The van der Waals surface area contributed by atoms with Gasteiger partial charge in [0.05, 0.1) is 16.0 Å². The second kappa shape index (κ2) is 9.41. The van der Waals surface area contributed by atoms with E-state index in [9.17, 15) is 21.4 Å². The summed E-state index contributed by atoms with van der Waals surface area (Å²) in [5.41, 5.74) is 1.97. The van der Waals surface area contributed by atoms with Crippen molar-refractivity contribution in [2.45, 2.75) is 36.2 Å². The van der Waals surface area contributed by atoms with Crippen molar-refractivity contribution in [1.29, 1.82) is 0 Å². The van der Waals surface area contributed by atoms with Gasteiger partial charge in [-0.05, 0) is 49.0 Å². The summed E-state index contributed by atoms with van der Waals surface area (Å²) in [6.45, 7) is 3.75. The molecule has 1 aliphatic rings. The third kappa shape index (κ3) is 6.89. The van der Waals surface area contributed by atoms with Gasteiger partial charge in [0.2, 0.25) is 0 Å². The SMILES string of the molecule is Cc1ccc(S(=O)(=O)O[C@@H]2CC[S+](C)C2)cc1.Cc1ccc(S(=O)(=O)[O-])cc1. The standard InChI is InChI=1S/C12H17O3S2.C7H8O3S/c1-10-3-5-12(6-4-10)17(13,14)15-11-7-8-16(2)9-11;1-6-2-4-7(5-3-6)11(8,9)10/h3-6,11H,7-9H2,1-2H3;2-5H,1H3,(H,8,9,10)/q+1;/p-1/t11-,16?;/m1./s1. The maximum atomic E-state index is 12.0. The molecule has 0 spiro atoms. The minimum atomic E-state index is -4.27. The van der Waals surface area contributed by atoms with E-state index in [0.717, 1.165) is 29.1 Å². The van der Waals surface area contributed by atoms with E-state index >= 15 is 0 Å². The number of aryl methyl sites for hydroxylation is 2. The van der Waals surface area contributed by atoms with Crippen molar-refractivity contribution in [3.05, 3.63) is 59.7 Å². The summed E-state index contributed by atoms with van der Waals surface area (Å²) < 4.78 is 60.4. The first-order chi connectivity index (χ1) is 13.0. The van der Waals surface area contributed by atoms with Crippen LogP contribution in [0.3, 0.4) is 0 Å². The normalized spacial score (nSPS) is 19.7. The van der Waals surface area contributed by atoms with E-state index in [0.29, 0.717) is 10.9 Å². The van der Waals surface area contributed by atoms with Gasteiger partial charge >= 0.3 is 0 Å². The summed E-state index contributed by atoms with van der Waals surface area (Å²) in [5.74, 6) is 1.94. The first-order valence-corrected chi connectivity index (χ1v) is 13.4. The lowest BCUT2D eigenvalue weighted by Crippen LogP contribution is -2.19. The van der Waals surface area contributed by atoms with Gasteiger partial charge < -0.3 is 4.55 Å². The molecular formula is C19H24O6S3. The highest BCUT2D eigenvalue weighted by atomic mass is 32.2. The summed E-state index contributed by atoms with van der Waals surface area (Å²) in [6, 6.07) is 12.6.